The van der Waals surface area contributed by atoms with E-state index in [4.69, 9.17) is 9.97 Å². The van der Waals surface area contributed by atoms with Crippen molar-refractivity contribution in [1.29, 1.82) is 0 Å². The molecule has 188 valence electrons. The highest BCUT2D eigenvalue weighted by Crippen LogP contribution is 2.30. The van der Waals surface area contributed by atoms with E-state index in [0.29, 0.717) is 29.2 Å². The first kappa shape index (κ1) is 25.4. The molecule has 0 unspecified atom stereocenters. The number of rotatable bonds is 10. The minimum absolute atomic E-state index is 0.334. The summed E-state index contributed by atoms with van der Waals surface area (Å²) in [7, 11) is -3.45. The highest BCUT2D eigenvalue weighted by Gasteiger charge is 2.24. The minimum atomic E-state index is -3.45. The third-order valence-electron chi connectivity index (χ3n) is 7.05. The van der Waals surface area contributed by atoms with E-state index < -0.39 is 10.0 Å². The van der Waals surface area contributed by atoms with E-state index in [1.54, 1.807) is 12.1 Å². The normalized spacial score (nSPS) is 18.5. The van der Waals surface area contributed by atoms with Crippen molar-refractivity contribution in [2.75, 3.05) is 36.4 Å². The molecule has 0 atom stereocenters. The van der Waals surface area contributed by atoms with E-state index in [1.165, 1.54) is 0 Å². The zero-order chi connectivity index (χ0) is 24.8. The van der Waals surface area contributed by atoms with Crippen molar-refractivity contribution in [3.63, 3.8) is 0 Å². The molecule has 3 aromatic rings. The summed E-state index contributed by atoms with van der Waals surface area (Å²) in [6, 6.07) is 15.2. The third-order valence-corrected chi connectivity index (χ3v) is 8.49. The van der Waals surface area contributed by atoms with Crippen LogP contribution in [0.4, 0.5) is 11.8 Å². The fourth-order valence-electron chi connectivity index (χ4n) is 4.81. The molecule has 8 heteroatoms. The van der Waals surface area contributed by atoms with Crippen LogP contribution in [0, 0.1) is 18.8 Å². The van der Waals surface area contributed by atoms with Crippen molar-refractivity contribution in [2.24, 2.45) is 11.8 Å². The monoisotopic (exact) mass is 495 g/mol. The van der Waals surface area contributed by atoms with Crippen LogP contribution in [-0.2, 0) is 10.0 Å². The van der Waals surface area contributed by atoms with Gasteiger partial charge in [-0.1, -0.05) is 29.8 Å². The Morgan fingerprint density at radius 2 is 1.51 bits per heavy atom. The molecule has 1 fully saturated rings. The van der Waals surface area contributed by atoms with Crippen LogP contribution in [0.25, 0.3) is 10.9 Å². The van der Waals surface area contributed by atoms with Crippen molar-refractivity contribution in [2.45, 2.75) is 51.3 Å². The lowest BCUT2D eigenvalue weighted by atomic mass is 9.82. The number of anilines is 2. The van der Waals surface area contributed by atoms with Crippen LogP contribution < -0.4 is 14.9 Å². The molecule has 35 heavy (non-hydrogen) atoms. The van der Waals surface area contributed by atoms with Crippen molar-refractivity contribution in [3.05, 3.63) is 54.1 Å². The van der Waals surface area contributed by atoms with Crippen LogP contribution in [0.5, 0.6) is 0 Å². The number of para-hydroxylation sites is 1. The summed E-state index contributed by atoms with van der Waals surface area (Å²) in [6.07, 6.45) is 4.18. The number of fused-ring (bicyclic) bond motifs is 1. The van der Waals surface area contributed by atoms with Gasteiger partial charge >= 0.3 is 0 Å². The molecule has 2 aromatic carbocycles. The Morgan fingerprint density at radius 3 is 2.17 bits per heavy atom. The first-order valence-corrected chi connectivity index (χ1v) is 14.2. The summed E-state index contributed by atoms with van der Waals surface area (Å²) in [4.78, 5) is 12.2. The van der Waals surface area contributed by atoms with Gasteiger partial charge in [-0.3, -0.25) is 0 Å². The molecule has 0 amide bonds. The Balaban J connectivity index is 1.30. The maximum atomic E-state index is 12.6. The summed E-state index contributed by atoms with van der Waals surface area (Å²) in [5.41, 5.74) is 2.01. The molecule has 7 nitrogen and oxygen atoms in total. The zero-order valence-corrected chi connectivity index (χ0v) is 21.8. The molecule has 1 aromatic heterocycles. The second-order valence-corrected chi connectivity index (χ2v) is 11.3. The molecule has 0 saturated heterocycles. The van der Waals surface area contributed by atoms with Crippen molar-refractivity contribution in [1.82, 2.24) is 14.7 Å². The molecule has 1 saturated carbocycles. The molecule has 1 heterocycles. The Kier molecular flexibility index (Phi) is 8.23. The van der Waals surface area contributed by atoms with Crippen LogP contribution in [0.2, 0.25) is 0 Å². The van der Waals surface area contributed by atoms with Crippen LogP contribution in [-0.4, -0.2) is 44.6 Å². The topological polar surface area (TPSA) is 87.2 Å². The number of nitrogens with zero attached hydrogens (tertiary/aromatic N) is 3. The van der Waals surface area contributed by atoms with Crippen molar-refractivity contribution < 1.29 is 8.42 Å². The molecule has 0 radical (unpaired) electrons. The first-order chi connectivity index (χ1) is 16.9. The number of nitrogens with one attached hydrogen (secondary N) is 2. The van der Waals surface area contributed by atoms with Gasteiger partial charge in [-0.25, -0.2) is 18.1 Å². The predicted octanol–water partition coefficient (Wildman–Crippen LogP) is 4.98. The number of aromatic nitrogens is 2. The van der Waals surface area contributed by atoms with Crippen molar-refractivity contribution in [3.8, 4) is 0 Å². The van der Waals surface area contributed by atoms with Gasteiger partial charge in [0.25, 0.3) is 0 Å². The summed E-state index contributed by atoms with van der Waals surface area (Å²) in [5, 5.41) is 4.57. The Labute approximate surface area is 209 Å². The number of sulfonamides is 1. The van der Waals surface area contributed by atoms with Gasteiger partial charge in [0.1, 0.15) is 5.82 Å². The third kappa shape index (κ3) is 6.30. The molecule has 1 aliphatic carbocycles. The second-order valence-electron chi connectivity index (χ2n) is 9.49. The van der Waals surface area contributed by atoms with E-state index in [9.17, 15) is 8.42 Å². The van der Waals surface area contributed by atoms with Gasteiger partial charge in [0.15, 0.2) is 0 Å². The van der Waals surface area contributed by atoms with Gasteiger partial charge in [-0.05, 0) is 82.6 Å². The van der Waals surface area contributed by atoms with Gasteiger partial charge < -0.3 is 10.2 Å². The molecule has 0 aliphatic heterocycles. The van der Waals surface area contributed by atoms with Gasteiger partial charge in [0.2, 0.25) is 16.0 Å². The van der Waals surface area contributed by atoms with Crippen LogP contribution in [0.15, 0.2) is 53.4 Å². The lowest BCUT2D eigenvalue weighted by Gasteiger charge is -2.29. The molecule has 1 aliphatic rings. The standard InChI is InChI=1S/C27H37N5O2S/c1-4-32(5-2)26-24-8-6-7-9-25(24)30-27(31-26)28-18-21-12-14-22(15-13-21)19-29-35(33,34)23-16-10-20(3)11-17-23/h6-11,16-17,21-22,29H,4-5,12-15,18-19H2,1-3H3,(H,28,30,31)/t21-,22-. The average molecular weight is 496 g/mol. The highest BCUT2D eigenvalue weighted by molar-refractivity contribution is 7.89. The van der Waals surface area contributed by atoms with E-state index in [0.717, 1.165) is 67.6 Å². The lowest BCUT2D eigenvalue weighted by molar-refractivity contribution is 0.284. The maximum Gasteiger partial charge on any atom is 0.240 e. The van der Waals surface area contributed by atoms with Gasteiger partial charge in [0, 0.05) is 31.6 Å². The molecule has 0 spiro atoms. The van der Waals surface area contributed by atoms with E-state index in [1.807, 2.05) is 37.3 Å². The Hall–Kier alpha value is -2.71. The van der Waals surface area contributed by atoms with Crippen LogP contribution in [0.1, 0.15) is 45.1 Å². The van der Waals surface area contributed by atoms with Gasteiger partial charge in [-0.15, -0.1) is 0 Å². The van der Waals surface area contributed by atoms with Gasteiger partial charge in [0.05, 0.1) is 10.4 Å². The molecular formula is C27H37N5O2S. The van der Waals surface area contributed by atoms with Crippen LogP contribution in [0.3, 0.4) is 0 Å². The summed E-state index contributed by atoms with van der Waals surface area (Å²) >= 11 is 0. The Bertz CT molecular complexity index is 1220. The second kappa shape index (κ2) is 11.4. The SMILES string of the molecule is CCN(CC)c1nc(NC[C@H]2CC[C@H](CNS(=O)(=O)c3ccc(C)cc3)CC2)nc2ccccc12. The number of hydrogen-bond acceptors (Lipinski definition) is 6. The zero-order valence-electron chi connectivity index (χ0n) is 21.0. The molecule has 2 N–H and O–H groups in total. The van der Waals surface area contributed by atoms with E-state index in [-0.39, 0.29) is 0 Å². The lowest BCUT2D eigenvalue weighted by Crippen LogP contribution is -2.32. The fourth-order valence-corrected chi connectivity index (χ4v) is 5.92. The average Bonchev–Trinajstić information content (AvgIpc) is 2.88. The minimum Gasteiger partial charge on any atom is -0.356 e. The smallest absolute Gasteiger partial charge is 0.240 e. The van der Waals surface area contributed by atoms with Gasteiger partial charge in [-0.2, -0.15) is 4.98 Å². The molecule has 0 bridgehead atoms. The molecular weight excluding hydrogens is 458 g/mol. The van der Waals surface area contributed by atoms with E-state index >= 15 is 0 Å². The Morgan fingerprint density at radius 1 is 0.886 bits per heavy atom. The largest absolute Gasteiger partial charge is 0.356 e. The number of hydrogen-bond donors (Lipinski definition) is 2. The number of aryl methyl sites for hydroxylation is 1. The van der Waals surface area contributed by atoms with Crippen LogP contribution >= 0.6 is 0 Å². The predicted molar refractivity (Wildman–Crippen MR) is 143 cm³/mol. The number of benzene rings is 2. The summed E-state index contributed by atoms with van der Waals surface area (Å²) < 4.78 is 28.0. The quantitative estimate of drug-likeness (QED) is 0.412. The fraction of sp³-hybridized carbons (Fsp3) is 0.481. The van der Waals surface area contributed by atoms with E-state index in [2.05, 4.69) is 34.9 Å². The highest BCUT2D eigenvalue weighted by atomic mass is 32.2. The maximum absolute atomic E-state index is 12.6. The first-order valence-electron chi connectivity index (χ1n) is 12.7. The summed E-state index contributed by atoms with van der Waals surface area (Å²) in [5.74, 6) is 2.57. The summed E-state index contributed by atoms with van der Waals surface area (Å²) in [6.45, 7) is 9.37. The van der Waals surface area contributed by atoms with Crippen molar-refractivity contribution >= 4 is 32.7 Å². The molecule has 4 rings (SSSR count).